The average molecular weight is 486 g/mol. The number of amides is 1. The molecular formula is C19H20FN3O7S2. The zero-order valence-electron chi connectivity index (χ0n) is 16.9. The first-order chi connectivity index (χ1) is 15.1. The summed E-state index contributed by atoms with van der Waals surface area (Å²) in [6.07, 6.45) is 0.803. The predicted molar refractivity (Wildman–Crippen MR) is 113 cm³/mol. The summed E-state index contributed by atoms with van der Waals surface area (Å²) in [5, 5.41) is 13.2. The lowest BCUT2D eigenvalue weighted by molar-refractivity contribution is -0.380. The van der Waals surface area contributed by atoms with E-state index in [-0.39, 0.29) is 40.2 Å². The summed E-state index contributed by atoms with van der Waals surface area (Å²) in [5.41, 5.74) is -0.136. The summed E-state index contributed by atoms with van der Waals surface area (Å²) in [5.74, 6) is -2.68. The second-order valence-corrected chi connectivity index (χ2v) is 9.92. The van der Waals surface area contributed by atoms with Crippen LogP contribution in [0, 0.1) is 21.8 Å². The van der Waals surface area contributed by atoms with E-state index in [9.17, 15) is 32.5 Å². The van der Waals surface area contributed by atoms with Crippen molar-refractivity contribution >= 4 is 43.2 Å². The molecule has 32 heavy (non-hydrogen) atoms. The monoisotopic (exact) mass is 485 g/mol. The highest BCUT2D eigenvalue weighted by molar-refractivity contribution is 7.89. The van der Waals surface area contributed by atoms with Crippen LogP contribution < -0.4 is 5.32 Å². The maximum absolute atomic E-state index is 13.1. The highest BCUT2D eigenvalue weighted by Gasteiger charge is 2.34. The molecule has 1 aliphatic rings. The summed E-state index contributed by atoms with van der Waals surface area (Å²) >= 11 is 0.619. The van der Waals surface area contributed by atoms with E-state index in [1.807, 2.05) is 0 Å². The number of anilines is 1. The molecule has 1 N–H and O–H groups in total. The van der Waals surface area contributed by atoms with Crippen LogP contribution in [0.4, 0.5) is 14.4 Å². The van der Waals surface area contributed by atoms with Crippen molar-refractivity contribution in [3.05, 3.63) is 51.8 Å². The molecule has 1 unspecified atom stereocenters. The first kappa shape index (κ1) is 23.8. The van der Waals surface area contributed by atoms with Crippen molar-refractivity contribution in [1.29, 1.82) is 0 Å². The van der Waals surface area contributed by atoms with E-state index in [1.54, 1.807) is 6.92 Å². The number of thiophene rings is 1. The highest BCUT2D eigenvalue weighted by Crippen LogP contribution is 2.35. The van der Waals surface area contributed by atoms with Gasteiger partial charge in [-0.2, -0.15) is 4.31 Å². The Balaban J connectivity index is 1.78. The number of halogens is 1. The first-order valence-corrected chi connectivity index (χ1v) is 11.9. The van der Waals surface area contributed by atoms with Gasteiger partial charge in [-0.05, 0) is 55.4 Å². The van der Waals surface area contributed by atoms with Crippen LogP contribution in [0.15, 0.2) is 35.2 Å². The number of hydrogen-bond acceptors (Lipinski definition) is 8. The van der Waals surface area contributed by atoms with E-state index in [0.29, 0.717) is 24.2 Å². The fraction of sp³-hybridized carbons (Fsp3) is 0.368. The van der Waals surface area contributed by atoms with Gasteiger partial charge < -0.3 is 10.1 Å². The minimum atomic E-state index is -3.93. The standard InChI is InChI=1S/C19H20FN3O7S2/c1-2-30-19(25)15-10-16(23(26)27)31-18(15)21-17(24)12-4-3-9-22(11-12)32(28,29)14-7-5-13(20)6-8-14/h5-8,10,12H,2-4,9,11H2,1H3,(H,21,24). The van der Waals surface area contributed by atoms with Gasteiger partial charge in [-0.3, -0.25) is 14.9 Å². The molecule has 3 rings (SSSR count). The fourth-order valence-corrected chi connectivity index (χ4v) is 5.65. The topological polar surface area (TPSA) is 136 Å². The fourth-order valence-electron chi connectivity index (χ4n) is 3.27. The Hall–Kier alpha value is -2.90. The normalized spacial score (nSPS) is 17.0. The molecule has 1 amide bonds. The first-order valence-electron chi connectivity index (χ1n) is 9.65. The Morgan fingerprint density at radius 3 is 2.66 bits per heavy atom. The van der Waals surface area contributed by atoms with E-state index in [0.717, 1.165) is 34.6 Å². The van der Waals surface area contributed by atoms with Gasteiger partial charge in [-0.1, -0.05) is 0 Å². The van der Waals surface area contributed by atoms with Crippen LogP contribution >= 0.6 is 11.3 Å². The van der Waals surface area contributed by atoms with Crippen LogP contribution in [-0.2, 0) is 19.6 Å². The zero-order chi connectivity index (χ0) is 23.5. The molecule has 2 heterocycles. The second kappa shape index (κ2) is 9.71. The molecule has 0 radical (unpaired) electrons. The molecule has 1 saturated heterocycles. The van der Waals surface area contributed by atoms with Gasteiger partial charge >= 0.3 is 11.0 Å². The van der Waals surface area contributed by atoms with Crippen LogP contribution in [0.25, 0.3) is 0 Å². The molecule has 1 aromatic heterocycles. The molecular weight excluding hydrogens is 465 g/mol. The maximum atomic E-state index is 13.1. The smallest absolute Gasteiger partial charge is 0.341 e. The van der Waals surface area contributed by atoms with Gasteiger partial charge in [0.2, 0.25) is 15.9 Å². The quantitative estimate of drug-likeness (QED) is 0.362. The van der Waals surface area contributed by atoms with Crippen molar-refractivity contribution in [2.45, 2.75) is 24.7 Å². The molecule has 1 aromatic carbocycles. The predicted octanol–water partition coefficient (Wildman–Crippen LogP) is 3.01. The lowest BCUT2D eigenvalue weighted by atomic mass is 9.99. The van der Waals surface area contributed by atoms with Crippen molar-refractivity contribution in [3.63, 3.8) is 0 Å². The number of carbonyl (C=O) groups excluding carboxylic acids is 2. The lowest BCUT2D eigenvalue weighted by Gasteiger charge is -2.31. The molecule has 2 aromatic rings. The highest BCUT2D eigenvalue weighted by atomic mass is 32.2. The zero-order valence-corrected chi connectivity index (χ0v) is 18.6. The minimum Gasteiger partial charge on any atom is -0.462 e. The minimum absolute atomic E-state index is 0.0290. The molecule has 1 fully saturated rings. The number of nitrogens with one attached hydrogen (secondary N) is 1. The Kier molecular flexibility index (Phi) is 7.21. The van der Waals surface area contributed by atoms with Gasteiger partial charge in [0.05, 0.1) is 22.3 Å². The number of piperidine rings is 1. The summed E-state index contributed by atoms with van der Waals surface area (Å²) < 4.78 is 44.9. The van der Waals surface area contributed by atoms with Gasteiger partial charge in [-0.25, -0.2) is 17.6 Å². The van der Waals surface area contributed by atoms with E-state index < -0.39 is 38.6 Å². The van der Waals surface area contributed by atoms with E-state index in [2.05, 4.69) is 5.32 Å². The van der Waals surface area contributed by atoms with Gasteiger partial charge in [-0.15, -0.1) is 0 Å². The van der Waals surface area contributed by atoms with Crippen LogP contribution in [0.5, 0.6) is 0 Å². The molecule has 0 bridgehead atoms. The van der Waals surface area contributed by atoms with Gasteiger partial charge in [0, 0.05) is 19.2 Å². The maximum Gasteiger partial charge on any atom is 0.341 e. The van der Waals surface area contributed by atoms with E-state index >= 15 is 0 Å². The number of benzene rings is 1. The molecule has 172 valence electrons. The van der Waals surface area contributed by atoms with Crippen molar-refractivity contribution in [3.8, 4) is 0 Å². The summed E-state index contributed by atoms with van der Waals surface area (Å²) in [6.45, 7) is 1.71. The van der Waals surface area contributed by atoms with E-state index in [4.69, 9.17) is 4.74 Å². The Bertz CT molecular complexity index is 1130. The third kappa shape index (κ3) is 5.11. The average Bonchev–Trinajstić information content (AvgIpc) is 3.18. The largest absolute Gasteiger partial charge is 0.462 e. The summed E-state index contributed by atoms with van der Waals surface area (Å²) in [7, 11) is -3.93. The number of hydrogen-bond donors (Lipinski definition) is 1. The Labute approximate surface area is 187 Å². The molecule has 1 aliphatic heterocycles. The molecule has 0 aliphatic carbocycles. The van der Waals surface area contributed by atoms with Crippen molar-refractivity contribution in [2.24, 2.45) is 5.92 Å². The van der Waals surface area contributed by atoms with E-state index in [1.165, 1.54) is 0 Å². The lowest BCUT2D eigenvalue weighted by Crippen LogP contribution is -2.43. The van der Waals surface area contributed by atoms with Gasteiger partial charge in [0.25, 0.3) is 0 Å². The SMILES string of the molecule is CCOC(=O)c1cc([N+](=O)[O-])sc1NC(=O)C1CCCN(S(=O)(=O)c2ccc(F)cc2)C1. The number of nitrogens with zero attached hydrogens (tertiary/aromatic N) is 2. The summed E-state index contributed by atoms with van der Waals surface area (Å²) in [4.78, 5) is 35.3. The van der Waals surface area contributed by atoms with Gasteiger partial charge in [0.15, 0.2) is 0 Å². The number of esters is 1. The number of rotatable bonds is 7. The number of sulfonamides is 1. The molecule has 13 heteroatoms. The van der Waals surface area contributed by atoms with Crippen LogP contribution in [0.1, 0.15) is 30.1 Å². The Morgan fingerprint density at radius 2 is 2.03 bits per heavy atom. The van der Waals surface area contributed by atoms with Crippen molar-refractivity contribution < 1.29 is 32.1 Å². The summed E-state index contributed by atoms with van der Waals surface area (Å²) in [6, 6.07) is 5.43. The van der Waals surface area contributed by atoms with Crippen LogP contribution in [0.2, 0.25) is 0 Å². The van der Waals surface area contributed by atoms with Crippen molar-refractivity contribution in [1.82, 2.24) is 4.31 Å². The second-order valence-electron chi connectivity index (χ2n) is 6.95. The molecule has 0 saturated carbocycles. The van der Waals surface area contributed by atoms with Crippen LogP contribution in [-0.4, -0.2) is 49.2 Å². The molecule has 10 nitrogen and oxygen atoms in total. The third-order valence-corrected chi connectivity index (χ3v) is 7.72. The number of nitro groups is 1. The van der Waals surface area contributed by atoms with Gasteiger partial charge in [0.1, 0.15) is 16.4 Å². The molecule has 0 spiro atoms. The third-order valence-electron chi connectivity index (χ3n) is 4.84. The van der Waals surface area contributed by atoms with Crippen LogP contribution in [0.3, 0.4) is 0 Å². The molecule has 1 atom stereocenters. The number of carbonyl (C=O) groups is 2. The Morgan fingerprint density at radius 1 is 1.34 bits per heavy atom. The number of ether oxygens (including phenoxy) is 1. The van der Waals surface area contributed by atoms with Crippen molar-refractivity contribution in [2.75, 3.05) is 25.0 Å².